The lowest BCUT2D eigenvalue weighted by atomic mass is 9.93. The molecule has 2 aliphatic rings. The Kier molecular flexibility index (Phi) is 5.33. The highest BCUT2D eigenvalue weighted by Gasteiger charge is 2.36. The second-order valence-corrected chi connectivity index (χ2v) is 7.39. The zero-order valence-corrected chi connectivity index (χ0v) is 16.2. The molecule has 1 aromatic heterocycles. The summed E-state index contributed by atoms with van der Waals surface area (Å²) in [4.78, 5) is 2.54. The van der Waals surface area contributed by atoms with Crippen molar-refractivity contribution >= 4 is 0 Å². The number of aromatic nitrogens is 1. The fourth-order valence-electron chi connectivity index (χ4n) is 4.34. The zero-order valence-electron chi connectivity index (χ0n) is 16.2. The number of aryl methyl sites for hydroxylation is 1. The predicted molar refractivity (Wildman–Crippen MR) is 102 cm³/mol. The van der Waals surface area contributed by atoms with Gasteiger partial charge in [0.15, 0.2) is 0 Å². The summed E-state index contributed by atoms with van der Waals surface area (Å²) in [6, 6.07) is 8.55. The molecule has 0 bridgehead atoms. The van der Waals surface area contributed by atoms with Gasteiger partial charge in [0.2, 0.25) is 0 Å². The van der Waals surface area contributed by atoms with Gasteiger partial charge in [-0.1, -0.05) is 5.16 Å². The van der Waals surface area contributed by atoms with Crippen LogP contribution in [0.5, 0.6) is 11.5 Å². The van der Waals surface area contributed by atoms with Crippen molar-refractivity contribution in [3.63, 3.8) is 0 Å². The Bertz CT molecular complexity index is 778. The van der Waals surface area contributed by atoms with Gasteiger partial charge in [-0.3, -0.25) is 10.3 Å². The maximum Gasteiger partial charge on any atom is 0.133 e. The van der Waals surface area contributed by atoms with Crippen LogP contribution in [0.25, 0.3) is 0 Å². The molecule has 7 heteroatoms. The molecular weight excluding hydrogens is 344 g/mol. The number of likely N-dealkylation sites (tertiary alicyclic amines) is 1. The Labute approximate surface area is 160 Å². The van der Waals surface area contributed by atoms with E-state index < -0.39 is 0 Å². The molecular formula is C20H28N4O3. The van der Waals surface area contributed by atoms with Gasteiger partial charge in [0.05, 0.1) is 26.3 Å². The molecule has 3 heterocycles. The predicted octanol–water partition coefficient (Wildman–Crippen LogP) is 2.60. The van der Waals surface area contributed by atoms with Crippen molar-refractivity contribution in [3.05, 3.63) is 41.3 Å². The normalized spacial score (nSPS) is 25.8. The summed E-state index contributed by atoms with van der Waals surface area (Å²) in [6.45, 7) is 4.94. The van der Waals surface area contributed by atoms with E-state index in [1.165, 1.54) is 6.42 Å². The number of benzene rings is 1. The van der Waals surface area contributed by atoms with Gasteiger partial charge in [-0.25, -0.2) is 5.43 Å². The maximum atomic E-state index is 5.61. The van der Waals surface area contributed by atoms with Crippen LogP contribution in [0.2, 0.25) is 0 Å². The highest BCUT2D eigenvalue weighted by atomic mass is 16.5. The van der Waals surface area contributed by atoms with Crippen LogP contribution in [-0.4, -0.2) is 43.9 Å². The fraction of sp³-hybridized carbons (Fsp3) is 0.550. The van der Waals surface area contributed by atoms with Crippen molar-refractivity contribution < 1.29 is 14.0 Å². The smallest absolute Gasteiger partial charge is 0.133 e. The first-order chi connectivity index (χ1) is 13.2. The Morgan fingerprint density at radius 2 is 2.15 bits per heavy atom. The quantitative estimate of drug-likeness (QED) is 0.807. The minimum atomic E-state index is 0.162. The van der Waals surface area contributed by atoms with Crippen LogP contribution in [-0.2, 0) is 0 Å². The number of nitrogens with zero attached hydrogens (tertiary/aromatic N) is 2. The van der Waals surface area contributed by atoms with Crippen molar-refractivity contribution in [2.75, 3.05) is 33.9 Å². The zero-order chi connectivity index (χ0) is 18.8. The fourth-order valence-corrected chi connectivity index (χ4v) is 4.34. The van der Waals surface area contributed by atoms with Crippen molar-refractivity contribution in [3.8, 4) is 11.5 Å². The first kappa shape index (κ1) is 18.3. The van der Waals surface area contributed by atoms with Gasteiger partial charge in [0, 0.05) is 30.6 Å². The summed E-state index contributed by atoms with van der Waals surface area (Å²) in [7, 11) is 3.41. The van der Waals surface area contributed by atoms with Crippen LogP contribution < -0.4 is 20.3 Å². The minimum absolute atomic E-state index is 0.162. The Hall–Kier alpha value is -2.09. The average Bonchev–Trinajstić information content (AvgIpc) is 3.42. The Morgan fingerprint density at radius 3 is 2.89 bits per heavy atom. The molecule has 2 aliphatic heterocycles. The van der Waals surface area contributed by atoms with Crippen LogP contribution in [0.3, 0.4) is 0 Å². The summed E-state index contributed by atoms with van der Waals surface area (Å²) < 4.78 is 16.3. The molecule has 3 unspecified atom stereocenters. The lowest BCUT2D eigenvalue weighted by Crippen LogP contribution is -2.33. The lowest BCUT2D eigenvalue weighted by molar-refractivity contribution is 0.203. The molecule has 146 valence electrons. The minimum Gasteiger partial charge on any atom is -0.497 e. The topological polar surface area (TPSA) is 71.8 Å². The van der Waals surface area contributed by atoms with E-state index >= 15 is 0 Å². The number of hydrogen-bond donors (Lipinski definition) is 2. The maximum absolute atomic E-state index is 5.61. The number of nitrogens with one attached hydrogen (secondary N) is 2. The van der Waals surface area contributed by atoms with Crippen LogP contribution in [0.4, 0.5) is 0 Å². The largest absolute Gasteiger partial charge is 0.497 e. The van der Waals surface area contributed by atoms with Gasteiger partial charge >= 0.3 is 0 Å². The molecule has 2 fully saturated rings. The van der Waals surface area contributed by atoms with E-state index in [1.807, 2.05) is 19.1 Å². The van der Waals surface area contributed by atoms with Gasteiger partial charge in [-0.2, -0.15) is 0 Å². The third-order valence-electron chi connectivity index (χ3n) is 5.69. The van der Waals surface area contributed by atoms with Crippen LogP contribution >= 0.6 is 0 Å². The van der Waals surface area contributed by atoms with Crippen molar-refractivity contribution in [2.24, 2.45) is 5.92 Å². The molecule has 27 heavy (non-hydrogen) atoms. The Balaban J connectivity index is 1.53. The SMILES string of the molecule is COc1ccc(OC)c(C2NNCC2CN2CCCC2c2cc(C)on2)c1. The molecule has 2 aromatic rings. The summed E-state index contributed by atoms with van der Waals surface area (Å²) >= 11 is 0. The second-order valence-electron chi connectivity index (χ2n) is 7.39. The highest BCUT2D eigenvalue weighted by molar-refractivity contribution is 5.43. The molecule has 0 spiro atoms. The van der Waals surface area contributed by atoms with Crippen LogP contribution in [0, 0.1) is 12.8 Å². The molecule has 0 saturated carbocycles. The summed E-state index contributed by atoms with van der Waals surface area (Å²) in [5.74, 6) is 3.02. The van der Waals surface area contributed by atoms with E-state index in [1.54, 1.807) is 14.2 Å². The molecule has 4 rings (SSSR count). The third kappa shape index (κ3) is 3.67. The van der Waals surface area contributed by atoms with E-state index in [9.17, 15) is 0 Å². The molecule has 7 nitrogen and oxygen atoms in total. The van der Waals surface area contributed by atoms with Gasteiger partial charge < -0.3 is 14.0 Å². The van der Waals surface area contributed by atoms with E-state index in [2.05, 4.69) is 33.0 Å². The first-order valence-corrected chi connectivity index (χ1v) is 9.57. The summed E-state index contributed by atoms with van der Waals surface area (Å²) in [5.41, 5.74) is 8.95. The lowest BCUT2D eigenvalue weighted by Gasteiger charge is -2.29. The molecule has 0 amide bonds. The van der Waals surface area contributed by atoms with E-state index in [0.29, 0.717) is 12.0 Å². The number of ether oxygens (including phenoxy) is 2. The van der Waals surface area contributed by atoms with Gasteiger partial charge in [-0.15, -0.1) is 0 Å². The molecule has 3 atom stereocenters. The van der Waals surface area contributed by atoms with E-state index in [-0.39, 0.29) is 6.04 Å². The van der Waals surface area contributed by atoms with Gasteiger partial charge in [0.25, 0.3) is 0 Å². The first-order valence-electron chi connectivity index (χ1n) is 9.57. The molecule has 1 aromatic carbocycles. The van der Waals surface area contributed by atoms with Crippen LogP contribution in [0.1, 0.15) is 41.9 Å². The number of methoxy groups -OCH3 is 2. The number of hydrazine groups is 1. The number of hydrogen-bond acceptors (Lipinski definition) is 7. The average molecular weight is 372 g/mol. The summed E-state index contributed by atoms with van der Waals surface area (Å²) in [5, 5.41) is 4.27. The van der Waals surface area contributed by atoms with Crippen molar-refractivity contribution in [1.82, 2.24) is 20.9 Å². The highest BCUT2D eigenvalue weighted by Crippen LogP contribution is 2.38. The standard InChI is InChI=1S/C20H28N4O3/c1-13-9-17(23-27-13)18-5-4-8-24(18)12-14-11-21-22-20(14)16-10-15(25-2)6-7-19(16)26-3/h6-7,9-10,14,18,20-22H,4-5,8,11-12H2,1-3H3. The Morgan fingerprint density at radius 1 is 1.26 bits per heavy atom. The monoisotopic (exact) mass is 372 g/mol. The molecule has 0 aliphatic carbocycles. The van der Waals surface area contributed by atoms with E-state index in [0.717, 1.165) is 54.6 Å². The van der Waals surface area contributed by atoms with Crippen molar-refractivity contribution in [1.29, 1.82) is 0 Å². The second kappa shape index (κ2) is 7.88. The third-order valence-corrected chi connectivity index (χ3v) is 5.69. The summed E-state index contributed by atoms with van der Waals surface area (Å²) in [6.07, 6.45) is 2.32. The molecule has 2 N–H and O–H groups in total. The van der Waals surface area contributed by atoms with E-state index in [4.69, 9.17) is 14.0 Å². The number of rotatable bonds is 6. The van der Waals surface area contributed by atoms with Crippen LogP contribution in [0.15, 0.2) is 28.8 Å². The van der Waals surface area contributed by atoms with Gasteiger partial charge in [-0.05, 0) is 44.5 Å². The van der Waals surface area contributed by atoms with Gasteiger partial charge in [0.1, 0.15) is 23.0 Å². The molecule has 0 radical (unpaired) electrons. The van der Waals surface area contributed by atoms with Crippen molar-refractivity contribution in [2.45, 2.75) is 31.8 Å². The molecule has 2 saturated heterocycles.